The van der Waals surface area contributed by atoms with Gasteiger partial charge in [-0.05, 0) is 12.1 Å². The number of nitrogens with zero attached hydrogens (tertiary/aromatic N) is 1. The molecule has 0 aliphatic carbocycles. The lowest BCUT2D eigenvalue weighted by Crippen LogP contribution is -2.50. The van der Waals surface area contributed by atoms with Gasteiger partial charge in [0.05, 0.1) is 11.1 Å². The second-order valence-corrected chi connectivity index (χ2v) is 6.24. The normalized spacial score (nSPS) is 15.8. The summed E-state index contributed by atoms with van der Waals surface area (Å²) in [6.07, 6.45) is -1.87. The summed E-state index contributed by atoms with van der Waals surface area (Å²) in [6.45, 7) is -1.43. The minimum Gasteiger partial charge on any atom is -0.396 e. The van der Waals surface area contributed by atoms with Crippen LogP contribution < -0.4 is 0 Å². The third-order valence-corrected chi connectivity index (χ3v) is 4.37. The van der Waals surface area contributed by atoms with Crippen molar-refractivity contribution in [2.75, 3.05) is 6.61 Å². The molecule has 0 saturated carbocycles. The Hall–Kier alpha value is -2.05. The second-order valence-electron chi connectivity index (χ2n) is 4.67. The molecule has 0 saturated heterocycles. The van der Waals surface area contributed by atoms with E-state index in [0.29, 0.717) is 0 Å². The fraction of sp³-hybridized carbons (Fsp3) is 0.333. The first-order chi connectivity index (χ1) is 11.0. The van der Waals surface area contributed by atoms with Crippen molar-refractivity contribution in [1.29, 1.82) is 0 Å². The Balaban J connectivity index is 2.34. The van der Waals surface area contributed by atoms with Crippen LogP contribution >= 0.6 is 0 Å². The average Bonchev–Trinajstić information content (AvgIpc) is 2.72. The molecular weight excluding hydrogens is 362 g/mol. The predicted octanol–water partition coefficient (Wildman–Crippen LogP) is 1.15. The molecule has 1 aromatic rings. The maximum absolute atomic E-state index is 13.6. The SMILES string of the molecule is O=C1c2ccccc2C(=O)N1OS(=O)(=O)C(F)(F)C(F)(F)CCO. The second kappa shape index (κ2) is 5.79. The van der Waals surface area contributed by atoms with Crippen molar-refractivity contribution in [3.63, 3.8) is 0 Å². The summed E-state index contributed by atoms with van der Waals surface area (Å²) in [7, 11) is -6.42. The minimum absolute atomic E-state index is 0.330. The molecule has 1 heterocycles. The number of hydrogen-bond acceptors (Lipinski definition) is 6. The first-order valence-corrected chi connectivity index (χ1v) is 7.65. The maximum Gasteiger partial charge on any atom is 0.433 e. The van der Waals surface area contributed by atoms with E-state index in [0.717, 1.165) is 12.1 Å². The first-order valence-electron chi connectivity index (χ1n) is 6.25. The summed E-state index contributed by atoms with van der Waals surface area (Å²) in [6, 6.07) is 4.83. The molecule has 24 heavy (non-hydrogen) atoms. The quantitative estimate of drug-likeness (QED) is 0.595. The van der Waals surface area contributed by atoms with Gasteiger partial charge in [0.15, 0.2) is 0 Å². The number of rotatable bonds is 6. The van der Waals surface area contributed by atoms with E-state index in [2.05, 4.69) is 4.28 Å². The molecule has 0 unspecified atom stereocenters. The Kier molecular flexibility index (Phi) is 4.41. The van der Waals surface area contributed by atoms with Gasteiger partial charge in [-0.3, -0.25) is 9.59 Å². The molecule has 2 amide bonds. The molecule has 2 rings (SSSR count). The number of carbonyl (C=O) groups is 2. The van der Waals surface area contributed by atoms with Gasteiger partial charge in [-0.1, -0.05) is 12.1 Å². The van der Waals surface area contributed by atoms with Gasteiger partial charge in [-0.2, -0.15) is 26.0 Å². The number of fused-ring (bicyclic) bond motifs is 1. The van der Waals surface area contributed by atoms with E-state index in [4.69, 9.17) is 5.11 Å². The summed E-state index contributed by atoms with van der Waals surface area (Å²) >= 11 is 0. The lowest BCUT2D eigenvalue weighted by molar-refractivity contribution is -0.173. The molecule has 12 heteroatoms. The number of carbonyl (C=O) groups excluding carboxylic acids is 2. The molecule has 1 aromatic carbocycles. The monoisotopic (exact) mass is 371 g/mol. The predicted molar refractivity (Wildman–Crippen MR) is 68.5 cm³/mol. The van der Waals surface area contributed by atoms with Crippen molar-refractivity contribution >= 4 is 21.9 Å². The highest BCUT2D eigenvalue weighted by Gasteiger charge is 2.67. The molecule has 7 nitrogen and oxygen atoms in total. The lowest BCUT2D eigenvalue weighted by Gasteiger charge is -2.26. The molecule has 0 bridgehead atoms. The van der Waals surface area contributed by atoms with E-state index in [1.165, 1.54) is 12.1 Å². The van der Waals surface area contributed by atoms with Gasteiger partial charge in [0.1, 0.15) is 0 Å². The summed E-state index contributed by atoms with van der Waals surface area (Å²) in [5.74, 6) is -7.96. The van der Waals surface area contributed by atoms with Crippen molar-refractivity contribution in [2.45, 2.75) is 17.6 Å². The summed E-state index contributed by atoms with van der Waals surface area (Å²) in [5, 5.41) is 2.05. The van der Waals surface area contributed by atoms with Crippen LogP contribution in [0.4, 0.5) is 17.6 Å². The Labute approximate surface area is 132 Å². The number of amides is 2. The number of benzene rings is 1. The summed E-state index contributed by atoms with van der Waals surface area (Å²) in [4.78, 5) is 23.7. The van der Waals surface area contributed by atoms with Gasteiger partial charge in [0.25, 0.3) is 11.8 Å². The minimum atomic E-state index is -6.42. The van der Waals surface area contributed by atoms with Crippen LogP contribution in [0.25, 0.3) is 0 Å². The lowest BCUT2D eigenvalue weighted by atomic mass is 10.1. The van der Waals surface area contributed by atoms with Crippen LogP contribution in [-0.4, -0.2) is 48.2 Å². The number of hydrogen-bond donors (Lipinski definition) is 1. The van der Waals surface area contributed by atoms with Gasteiger partial charge < -0.3 is 5.11 Å². The van der Waals surface area contributed by atoms with Crippen molar-refractivity contribution in [3.05, 3.63) is 35.4 Å². The number of aliphatic hydroxyl groups is 1. The standard InChI is InChI=1S/C12H9F4NO6S/c13-11(14,5-6-18)12(15,16)24(21,22)23-17-9(19)7-3-1-2-4-8(7)10(17)20/h1-4,18H,5-6H2. The van der Waals surface area contributed by atoms with E-state index < -0.39 is 51.2 Å². The Bertz CT molecular complexity index is 759. The average molecular weight is 371 g/mol. The number of aliphatic hydroxyl groups excluding tert-OH is 1. The number of alkyl halides is 4. The first kappa shape index (κ1) is 18.3. The molecular formula is C12H9F4NO6S. The molecule has 1 aliphatic heterocycles. The van der Waals surface area contributed by atoms with E-state index in [1.54, 1.807) is 0 Å². The Morgan fingerprint density at radius 1 is 1.04 bits per heavy atom. The highest BCUT2D eigenvalue weighted by atomic mass is 32.2. The zero-order chi connectivity index (χ0) is 18.3. The van der Waals surface area contributed by atoms with Crippen molar-refractivity contribution in [2.24, 2.45) is 0 Å². The zero-order valence-electron chi connectivity index (χ0n) is 11.6. The fourth-order valence-electron chi connectivity index (χ4n) is 1.85. The summed E-state index contributed by atoms with van der Waals surface area (Å²) < 4.78 is 80.4. The maximum atomic E-state index is 13.6. The van der Waals surface area contributed by atoms with Crippen molar-refractivity contribution < 1.29 is 45.0 Å². The molecule has 0 spiro atoms. The Morgan fingerprint density at radius 3 is 1.92 bits per heavy atom. The number of hydroxylamine groups is 2. The van der Waals surface area contributed by atoms with Gasteiger partial charge in [0.2, 0.25) is 0 Å². The fourth-order valence-corrected chi connectivity index (χ4v) is 2.74. The third-order valence-electron chi connectivity index (χ3n) is 3.10. The van der Waals surface area contributed by atoms with Gasteiger partial charge in [-0.15, -0.1) is 9.35 Å². The van der Waals surface area contributed by atoms with Crippen molar-refractivity contribution in [1.82, 2.24) is 5.06 Å². The van der Waals surface area contributed by atoms with Crippen LogP contribution in [0.5, 0.6) is 0 Å². The van der Waals surface area contributed by atoms with Crippen LogP contribution in [0.1, 0.15) is 27.1 Å². The topological polar surface area (TPSA) is 101 Å². The third kappa shape index (κ3) is 2.65. The highest BCUT2D eigenvalue weighted by molar-refractivity contribution is 7.87. The smallest absolute Gasteiger partial charge is 0.396 e. The van der Waals surface area contributed by atoms with Crippen LogP contribution in [0.2, 0.25) is 0 Å². The number of imide groups is 1. The molecule has 0 radical (unpaired) electrons. The number of halogens is 4. The molecule has 0 fully saturated rings. The van der Waals surface area contributed by atoms with Crippen LogP contribution in [-0.2, 0) is 14.4 Å². The molecule has 0 atom stereocenters. The van der Waals surface area contributed by atoms with E-state index in [1.807, 2.05) is 0 Å². The van der Waals surface area contributed by atoms with Crippen LogP contribution in [0.15, 0.2) is 24.3 Å². The van der Waals surface area contributed by atoms with Gasteiger partial charge in [0, 0.05) is 13.0 Å². The van der Waals surface area contributed by atoms with Crippen LogP contribution in [0, 0.1) is 0 Å². The molecule has 1 aliphatic rings. The van der Waals surface area contributed by atoms with Crippen LogP contribution in [0.3, 0.4) is 0 Å². The zero-order valence-corrected chi connectivity index (χ0v) is 12.4. The molecule has 132 valence electrons. The molecule has 1 N–H and O–H groups in total. The summed E-state index contributed by atoms with van der Waals surface area (Å²) in [5.41, 5.74) is -0.661. The van der Waals surface area contributed by atoms with E-state index in [-0.39, 0.29) is 11.1 Å². The van der Waals surface area contributed by atoms with E-state index >= 15 is 0 Å². The van der Waals surface area contributed by atoms with E-state index in [9.17, 15) is 35.6 Å². The van der Waals surface area contributed by atoms with Crippen molar-refractivity contribution in [3.8, 4) is 0 Å². The Morgan fingerprint density at radius 2 is 1.50 bits per heavy atom. The molecule has 0 aromatic heterocycles. The van der Waals surface area contributed by atoms with Gasteiger partial charge >= 0.3 is 21.3 Å². The van der Waals surface area contributed by atoms with Gasteiger partial charge in [-0.25, -0.2) is 0 Å². The highest BCUT2D eigenvalue weighted by Crippen LogP contribution is 2.42. The largest absolute Gasteiger partial charge is 0.433 e.